The van der Waals surface area contributed by atoms with Gasteiger partial charge in [0.05, 0.1) is 12.7 Å². The van der Waals surface area contributed by atoms with Gasteiger partial charge in [-0.25, -0.2) is 24.7 Å². The van der Waals surface area contributed by atoms with Crippen LogP contribution < -0.4 is 27.0 Å². The Kier molecular flexibility index (Phi) is 13.6. The molecule has 276 valence electrons. The molecule has 3 aromatic rings. The Balaban J connectivity index is 0.000000208. The van der Waals surface area contributed by atoms with E-state index in [4.69, 9.17) is 0 Å². The summed E-state index contributed by atoms with van der Waals surface area (Å²) in [7, 11) is 0. The van der Waals surface area contributed by atoms with Crippen LogP contribution in [0.5, 0.6) is 0 Å². The van der Waals surface area contributed by atoms with Crippen molar-refractivity contribution in [2.24, 2.45) is 21.8 Å². The van der Waals surface area contributed by atoms with Crippen LogP contribution in [0.1, 0.15) is 88.2 Å². The number of anilines is 2. The minimum absolute atomic E-state index is 0.0647. The number of guanidine groups is 1. The fraction of sp³-hybridized carbons (Fsp3) is 0.545. The van der Waals surface area contributed by atoms with E-state index >= 15 is 0 Å². The van der Waals surface area contributed by atoms with Gasteiger partial charge in [0.1, 0.15) is 12.1 Å². The highest BCUT2D eigenvalue weighted by Crippen LogP contribution is 2.21. The summed E-state index contributed by atoms with van der Waals surface area (Å²) in [6, 6.07) is 1.62. The quantitative estimate of drug-likeness (QED) is 0.281. The molecule has 4 N–H and O–H groups in total. The highest BCUT2D eigenvalue weighted by molar-refractivity contribution is 6.08. The van der Waals surface area contributed by atoms with Gasteiger partial charge in [-0.15, -0.1) is 0 Å². The third-order valence-corrected chi connectivity index (χ3v) is 7.45. The van der Waals surface area contributed by atoms with Crippen LogP contribution in [0, 0.1) is 11.8 Å². The fourth-order valence-electron chi connectivity index (χ4n) is 4.55. The number of nitrogens with one attached hydrogen (secondary N) is 4. The minimum atomic E-state index is -0.526. The number of nitrogens with zero attached hydrogens (tertiary/aromatic N) is 9. The molecular formula is C33H49N13O5. The summed E-state index contributed by atoms with van der Waals surface area (Å²) in [5, 5.41) is 10.4. The number of aromatic nitrogens is 6. The number of carbonyl (C=O) groups is 4. The smallest absolute Gasteiger partial charge is 0.336 e. The van der Waals surface area contributed by atoms with Gasteiger partial charge in [-0.05, 0) is 47.6 Å². The van der Waals surface area contributed by atoms with Crippen molar-refractivity contribution < 1.29 is 19.2 Å². The van der Waals surface area contributed by atoms with E-state index in [1.165, 1.54) is 17.8 Å². The number of carbonyl (C=O) groups excluding carboxylic acids is 4. The summed E-state index contributed by atoms with van der Waals surface area (Å²) in [4.78, 5) is 84.1. The third-order valence-electron chi connectivity index (χ3n) is 7.45. The molecule has 0 saturated carbocycles. The molecule has 18 nitrogen and oxygen atoms in total. The molecule has 0 fully saturated rings. The summed E-state index contributed by atoms with van der Waals surface area (Å²) in [5.74, 6) is -0.0504. The van der Waals surface area contributed by atoms with Crippen LogP contribution in [0.2, 0.25) is 0 Å². The van der Waals surface area contributed by atoms with Crippen LogP contribution in [0.25, 0.3) is 11.2 Å². The Morgan fingerprint density at radius 3 is 1.98 bits per heavy atom. The van der Waals surface area contributed by atoms with Crippen molar-refractivity contribution in [2.45, 2.75) is 106 Å². The number of hydrogen-bond donors (Lipinski definition) is 4. The van der Waals surface area contributed by atoms with Gasteiger partial charge in [0, 0.05) is 43.1 Å². The van der Waals surface area contributed by atoms with E-state index < -0.39 is 6.04 Å². The van der Waals surface area contributed by atoms with E-state index in [0.717, 1.165) is 5.65 Å². The Bertz CT molecular complexity index is 1840. The number of amides is 4. The number of hydrogen-bond acceptors (Lipinski definition) is 12. The Labute approximate surface area is 296 Å². The van der Waals surface area contributed by atoms with Crippen LogP contribution in [-0.2, 0) is 19.2 Å². The predicted octanol–water partition coefficient (Wildman–Crippen LogP) is 2.48. The topological polar surface area (TPSA) is 223 Å². The van der Waals surface area contributed by atoms with E-state index in [2.05, 4.69) is 51.2 Å². The molecule has 2 atom stereocenters. The van der Waals surface area contributed by atoms with Gasteiger partial charge in [-0.2, -0.15) is 4.98 Å². The van der Waals surface area contributed by atoms with Crippen LogP contribution in [0.3, 0.4) is 0 Å². The van der Waals surface area contributed by atoms with Crippen LogP contribution in [0.15, 0.2) is 39.7 Å². The number of imidazole rings is 1. The second-order valence-electron chi connectivity index (χ2n) is 13.3. The van der Waals surface area contributed by atoms with Gasteiger partial charge >= 0.3 is 5.69 Å². The van der Waals surface area contributed by atoms with Gasteiger partial charge in [-0.1, -0.05) is 27.7 Å². The predicted molar refractivity (Wildman–Crippen MR) is 194 cm³/mol. The first-order valence-corrected chi connectivity index (χ1v) is 16.8. The lowest BCUT2D eigenvalue weighted by Gasteiger charge is -2.31. The second kappa shape index (κ2) is 17.4. The Hall–Kier alpha value is -5.55. The van der Waals surface area contributed by atoms with Gasteiger partial charge in [0.15, 0.2) is 29.2 Å². The molecule has 51 heavy (non-hydrogen) atoms. The van der Waals surface area contributed by atoms with Crippen LogP contribution >= 0.6 is 0 Å². The minimum Gasteiger partial charge on any atom is -0.336 e. The normalized spacial score (nSPS) is 16.4. The maximum Gasteiger partial charge on any atom is 0.349 e. The lowest BCUT2D eigenvalue weighted by atomic mass is 10.1. The lowest BCUT2D eigenvalue weighted by molar-refractivity contribution is -0.123. The highest BCUT2D eigenvalue weighted by atomic mass is 16.2. The van der Waals surface area contributed by atoms with E-state index in [1.54, 1.807) is 52.6 Å². The fourth-order valence-corrected chi connectivity index (χ4v) is 4.55. The Morgan fingerprint density at radius 1 is 0.804 bits per heavy atom. The van der Waals surface area contributed by atoms with Crippen molar-refractivity contribution in [3.05, 3.63) is 35.4 Å². The largest absolute Gasteiger partial charge is 0.349 e. The summed E-state index contributed by atoms with van der Waals surface area (Å²) >= 11 is 0. The van der Waals surface area contributed by atoms with Crippen molar-refractivity contribution in [3.63, 3.8) is 0 Å². The molecule has 2 aliphatic rings. The zero-order chi connectivity index (χ0) is 38.2. The van der Waals surface area contributed by atoms with Crippen molar-refractivity contribution in [1.29, 1.82) is 0 Å². The van der Waals surface area contributed by atoms with Crippen molar-refractivity contribution in [1.82, 2.24) is 44.6 Å². The molecule has 0 bridgehead atoms. The first kappa shape index (κ1) is 39.9. The molecule has 0 saturated heterocycles. The zero-order valence-electron chi connectivity index (χ0n) is 31.0. The number of fused-ring (bicyclic) bond motifs is 2. The standard InChI is InChI=1S/C12H19N5O2.C11H17N3O2.C10H13N5O/c1-6(2)10(18)15-12-14-9-8(11(19)16-12)13-5-17(9)7(3)4;1-7(2)10(15)12-9-5-6-14(8(3)4)11(16)13-9;1-6(2)15-5-13-8-9(14-7(3)16)11-4-12-10(8)15/h5-9H,1-4H3,(H2,14,15,16,18,19);5-8H,1-4H3,(H,12,13,15,16);4-6H,1-3H3,(H,11,12,14,16). The van der Waals surface area contributed by atoms with Gasteiger partial charge in [0.25, 0.3) is 5.91 Å². The maximum atomic E-state index is 11.9. The first-order valence-electron chi connectivity index (χ1n) is 16.8. The van der Waals surface area contributed by atoms with Crippen LogP contribution in [-0.4, -0.2) is 88.1 Å². The molecule has 4 amide bonds. The van der Waals surface area contributed by atoms with E-state index in [0.29, 0.717) is 17.2 Å². The SMILES string of the molecule is CC(=O)Nc1ncnc2c1ncn2C(C)C.CC(C)C(=O)NC1=NC2C(N=CN2C(C)C)C(=O)N1.CC(C)C(=O)Nc1ccn(C(C)C)c(=O)n1. The van der Waals surface area contributed by atoms with E-state index in [-0.39, 0.29) is 71.4 Å². The molecule has 18 heteroatoms. The molecule has 5 heterocycles. The maximum absolute atomic E-state index is 11.9. The molecular weight excluding hydrogens is 658 g/mol. The van der Waals surface area contributed by atoms with Gasteiger partial charge in [-0.3, -0.25) is 39.4 Å². The first-order chi connectivity index (χ1) is 23.9. The van der Waals surface area contributed by atoms with E-state index in [1.807, 2.05) is 51.0 Å². The van der Waals surface area contributed by atoms with Crippen molar-refractivity contribution in [2.75, 3.05) is 10.6 Å². The third kappa shape index (κ3) is 10.5. The summed E-state index contributed by atoms with van der Waals surface area (Å²) in [6.07, 6.45) is 6.05. The number of aliphatic imine (C=N–C) groups is 2. The average Bonchev–Trinajstić information content (AvgIpc) is 3.67. The lowest BCUT2D eigenvalue weighted by Crippen LogP contribution is -2.57. The molecule has 2 aliphatic heterocycles. The van der Waals surface area contributed by atoms with Gasteiger partial charge in [0.2, 0.25) is 23.7 Å². The number of rotatable bonds is 7. The van der Waals surface area contributed by atoms with Crippen LogP contribution in [0.4, 0.5) is 11.6 Å². The summed E-state index contributed by atoms with van der Waals surface area (Å²) < 4.78 is 3.44. The van der Waals surface area contributed by atoms with E-state index in [9.17, 15) is 24.0 Å². The molecule has 0 radical (unpaired) electrons. The molecule has 2 unspecified atom stereocenters. The zero-order valence-corrected chi connectivity index (χ0v) is 31.0. The Morgan fingerprint density at radius 2 is 1.43 bits per heavy atom. The van der Waals surface area contributed by atoms with Crippen molar-refractivity contribution >= 4 is 58.7 Å². The monoisotopic (exact) mass is 707 g/mol. The highest BCUT2D eigenvalue weighted by Gasteiger charge is 2.41. The summed E-state index contributed by atoms with van der Waals surface area (Å²) in [5.41, 5.74) is 0.997. The second-order valence-corrected chi connectivity index (χ2v) is 13.3. The van der Waals surface area contributed by atoms with Gasteiger partial charge < -0.3 is 20.1 Å². The molecule has 0 spiro atoms. The molecule has 0 aliphatic carbocycles. The summed E-state index contributed by atoms with van der Waals surface area (Å²) in [6.45, 7) is 20.5. The molecule has 5 rings (SSSR count). The molecule has 3 aromatic heterocycles. The average molecular weight is 708 g/mol. The molecule has 0 aromatic carbocycles. The van der Waals surface area contributed by atoms with Crippen molar-refractivity contribution in [3.8, 4) is 0 Å².